The van der Waals surface area contributed by atoms with E-state index in [1.165, 1.54) is 0 Å². The summed E-state index contributed by atoms with van der Waals surface area (Å²) in [6.45, 7) is 0. The lowest BCUT2D eigenvalue weighted by Gasteiger charge is -2.13. The Morgan fingerprint density at radius 2 is 1.00 bits per heavy atom. The van der Waals surface area contributed by atoms with Gasteiger partial charge in [0.1, 0.15) is 0 Å². The van der Waals surface area contributed by atoms with Gasteiger partial charge in [-0.05, 0) is 25.7 Å². The third-order valence-electron chi connectivity index (χ3n) is 3.95. The van der Waals surface area contributed by atoms with Gasteiger partial charge in [0.2, 0.25) is 0 Å². The predicted molar refractivity (Wildman–Crippen MR) is 77.4 cm³/mol. The molecule has 0 bridgehead atoms. The van der Waals surface area contributed by atoms with Crippen molar-refractivity contribution in [1.82, 2.24) is 0 Å². The van der Waals surface area contributed by atoms with Crippen molar-refractivity contribution >= 4 is 0 Å². The summed E-state index contributed by atoms with van der Waals surface area (Å²) in [5.41, 5.74) is 0.388. The summed E-state index contributed by atoms with van der Waals surface area (Å²) < 4.78 is 56.7. The SMILES string of the molecule is Fc1c(F)c(CC2=CC=CC2)c(F)c(F)c1CC1=CC=CC1. The fourth-order valence-corrected chi connectivity index (χ4v) is 2.73. The molecule has 0 atom stereocenters. The monoisotopic (exact) mass is 306 g/mol. The number of rotatable bonds is 4. The Bertz CT molecular complexity index is 644. The van der Waals surface area contributed by atoms with Gasteiger partial charge in [0, 0.05) is 11.1 Å². The minimum Gasteiger partial charge on any atom is -0.203 e. The number of benzene rings is 1. The minimum atomic E-state index is -1.28. The van der Waals surface area contributed by atoms with Gasteiger partial charge in [0.05, 0.1) is 0 Å². The van der Waals surface area contributed by atoms with Crippen LogP contribution in [0, 0.1) is 23.3 Å². The fraction of sp³-hybridized carbons (Fsp3) is 0.222. The molecule has 0 aromatic heterocycles. The van der Waals surface area contributed by atoms with Crippen LogP contribution in [0.3, 0.4) is 0 Å². The average molecular weight is 306 g/mol. The number of hydrogen-bond acceptors (Lipinski definition) is 0. The first-order chi connectivity index (χ1) is 10.6. The topological polar surface area (TPSA) is 0 Å². The molecule has 0 saturated carbocycles. The molecule has 0 amide bonds. The van der Waals surface area contributed by atoms with Crippen LogP contribution in [0.25, 0.3) is 0 Å². The van der Waals surface area contributed by atoms with E-state index >= 15 is 0 Å². The highest BCUT2D eigenvalue weighted by Gasteiger charge is 2.26. The highest BCUT2D eigenvalue weighted by Crippen LogP contribution is 2.30. The molecular formula is C18H14F4. The molecule has 114 valence electrons. The summed E-state index contributed by atoms with van der Waals surface area (Å²) in [6, 6.07) is 0. The van der Waals surface area contributed by atoms with Crippen molar-refractivity contribution < 1.29 is 17.6 Å². The summed E-state index contributed by atoms with van der Waals surface area (Å²) in [4.78, 5) is 0. The Labute approximate surface area is 126 Å². The molecular weight excluding hydrogens is 292 g/mol. The maximum Gasteiger partial charge on any atom is 0.165 e. The highest BCUT2D eigenvalue weighted by atomic mass is 19.2. The molecule has 22 heavy (non-hydrogen) atoms. The van der Waals surface area contributed by atoms with E-state index in [4.69, 9.17) is 0 Å². The molecule has 2 aliphatic carbocycles. The van der Waals surface area contributed by atoms with E-state index in [2.05, 4.69) is 0 Å². The fourth-order valence-electron chi connectivity index (χ4n) is 2.73. The first-order valence-corrected chi connectivity index (χ1v) is 7.10. The summed E-state index contributed by atoms with van der Waals surface area (Å²) in [5.74, 6) is -5.14. The normalized spacial score (nSPS) is 16.4. The highest BCUT2D eigenvalue weighted by molar-refractivity contribution is 5.38. The van der Waals surface area contributed by atoms with Crippen LogP contribution in [0.15, 0.2) is 47.6 Å². The number of hydrogen-bond donors (Lipinski definition) is 0. The second kappa shape index (κ2) is 5.95. The molecule has 0 N–H and O–H groups in total. The van der Waals surface area contributed by atoms with Crippen molar-refractivity contribution in [3.05, 3.63) is 82.0 Å². The van der Waals surface area contributed by atoms with E-state index in [1.54, 1.807) is 24.3 Å². The molecule has 0 aliphatic heterocycles. The maximum absolute atomic E-state index is 14.2. The molecule has 0 unspecified atom stereocenters. The Morgan fingerprint density at radius 3 is 1.27 bits per heavy atom. The van der Waals surface area contributed by atoms with Gasteiger partial charge in [0.15, 0.2) is 23.3 Å². The van der Waals surface area contributed by atoms with E-state index < -0.39 is 34.4 Å². The van der Waals surface area contributed by atoms with Crippen LogP contribution in [-0.2, 0) is 12.8 Å². The van der Waals surface area contributed by atoms with Crippen LogP contribution >= 0.6 is 0 Å². The lowest BCUT2D eigenvalue weighted by molar-refractivity contribution is 0.429. The lowest BCUT2D eigenvalue weighted by atomic mass is 9.97. The second-order valence-corrected chi connectivity index (χ2v) is 5.48. The van der Waals surface area contributed by atoms with Gasteiger partial charge in [-0.3, -0.25) is 0 Å². The zero-order valence-corrected chi connectivity index (χ0v) is 11.8. The first-order valence-electron chi connectivity index (χ1n) is 7.10. The van der Waals surface area contributed by atoms with Crippen molar-refractivity contribution in [2.24, 2.45) is 0 Å². The third-order valence-corrected chi connectivity index (χ3v) is 3.95. The maximum atomic E-state index is 14.2. The van der Waals surface area contributed by atoms with Crippen molar-refractivity contribution in [1.29, 1.82) is 0 Å². The van der Waals surface area contributed by atoms with Gasteiger partial charge in [-0.2, -0.15) is 0 Å². The van der Waals surface area contributed by atoms with Crippen molar-refractivity contribution in [3.63, 3.8) is 0 Å². The van der Waals surface area contributed by atoms with Crippen molar-refractivity contribution in [2.75, 3.05) is 0 Å². The van der Waals surface area contributed by atoms with Gasteiger partial charge in [-0.15, -0.1) is 0 Å². The Kier molecular flexibility index (Phi) is 4.01. The van der Waals surface area contributed by atoms with Gasteiger partial charge >= 0.3 is 0 Å². The quantitative estimate of drug-likeness (QED) is 0.536. The second-order valence-electron chi connectivity index (χ2n) is 5.48. The van der Waals surface area contributed by atoms with Crippen LogP contribution in [0.4, 0.5) is 17.6 Å². The zero-order valence-electron chi connectivity index (χ0n) is 11.8. The minimum absolute atomic E-state index is 0.122. The molecule has 0 heterocycles. The largest absolute Gasteiger partial charge is 0.203 e. The van der Waals surface area contributed by atoms with E-state index in [-0.39, 0.29) is 12.8 Å². The van der Waals surface area contributed by atoms with Gasteiger partial charge < -0.3 is 0 Å². The van der Waals surface area contributed by atoms with Crippen LogP contribution < -0.4 is 0 Å². The molecule has 0 fully saturated rings. The Morgan fingerprint density at radius 1 is 0.636 bits per heavy atom. The number of allylic oxidation sites excluding steroid dienone is 8. The lowest BCUT2D eigenvalue weighted by Crippen LogP contribution is -2.10. The smallest absolute Gasteiger partial charge is 0.165 e. The predicted octanol–water partition coefficient (Wildman–Crippen LogP) is 5.10. The average Bonchev–Trinajstić information content (AvgIpc) is 3.19. The molecule has 3 rings (SSSR count). The van der Waals surface area contributed by atoms with Gasteiger partial charge in [-0.25, -0.2) is 17.6 Å². The molecule has 0 nitrogen and oxygen atoms in total. The molecule has 4 heteroatoms. The molecule has 0 radical (unpaired) electrons. The summed E-state index contributed by atoms with van der Waals surface area (Å²) in [5, 5.41) is 0. The first kappa shape index (κ1) is 14.8. The van der Waals surface area contributed by atoms with Gasteiger partial charge in [0.25, 0.3) is 0 Å². The Balaban J connectivity index is 1.96. The van der Waals surface area contributed by atoms with E-state index in [0.717, 1.165) is 11.1 Å². The van der Waals surface area contributed by atoms with Crippen molar-refractivity contribution in [2.45, 2.75) is 25.7 Å². The van der Waals surface area contributed by atoms with E-state index in [1.807, 2.05) is 12.2 Å². The third kappa shape index (κ3) is 2.65. The van der Waals surface area contributed by atoms with E-state index in [9.17, 15) is 17.6 Å². The molecule has 0 spiro atoms. The molecule has 1 aromatic carbocycles. The van der Waals surface area contributed by atoms with Crippen LogP contribution in [0.5, 0.6) is 0 Å². The van der Waals surface area contributed by atoms with Crippen LogP contribution in [0.2, 0.25) is 0 Å². The Hall–Kier alpha value is -2.10. The molecule has 1 aromatic rings. The van der Waals surface area contributed by atoms with Crippen LogP contribution in [0.1, 0.15) is 24.0 Å². The summed E-state index contributed by atoms with van der Waals surface area (Å²) >= 11 is 0. The summed E-state index contributed by atoms with van der Waals surface area (Å²) in [7, 11) is 0. The molecule has 0 saturated heterocycles. The molecule has 2 aliphatic rings. The van der Waals surface area contributed by atoms with Gasteiger partial charge in [-0.1, -0.05) is 47.6 Å². The number of halogens is 4. The standard InChI is InChI=1S/C18H14F4/c19-15-13(9-11-5-1-2-6-11)16(20)18(22)14(17(15)21)10-12-7-3-4-8-12/h1-5,7H,6,8-10H2. The van der Waals surface area contributed by atoms with Crippen LogP contribution in [-0.4, -0.2) is 0 Å². The van der Waals surface area contributed by atoms with Crippen molar-refractivity contribution in [3.8, 4) is 0 Å². The zero-order chi connectivity index (χ0) is 15.7. The summed E-state index contributed by atoms with van der Waals surface area (Å²) in [6.07, 6.45) is 11.4. The van der Waals surface area contributed by atoms with E-state index in [0.29, 0.717) is 12.8 Å².